The summed E-state index contributed by atoms with van der Waals surface area (Å²) in [4.78, 5) is 14.7. The number of hydrogen-bond donors (Lipinski definition) is 2. The van der Waals surface area contributed by atoms with E-state index < -0.39 is 12.0 Å². The van der Waals surface area contributed by atoms with Crippen LogP contribution in [0.3, 0.4) is 0 Å². The smallest absolute Gasteiger partial charge is 0.245 e. The highest BCUT2D eigenvalue weighted by Crippen LogP contribution is 2.40. The van der Waals surface area contributed by atoms with Crippen molar-refractivity contribution in [2.24, 2.45) is 0 Å². The average molecular weight is 498 g/mol. The number of piperidine rings is 1. The maximum atomic E-state index is 15.3. The van der Waals surface area contributed by atoms with Gasteiger partial charge >= 0.3 is 0 Å². The van der Waals surface area contributed by atoms with E-state index in [1.165, 1.54) is 17.8 Å². The Morgan fingerprint density at radius 1 is 1.11 bits per heavy atom. The van der Waals surface area contributed by atoms with Crippen LogP contribution >= 0.6 is 11.8 Å². The molecule has 0 spiro atoms. The minimum atomic E-state index is -0.969. The quantitative estimate of drug-likeness (QED) is 0.389. The highest BCUT2D eigenvalue weighted by molar-refractivity contribution is 7.98. The molecule has 3 aromatic rings. The molecular formula is C24H25F2N7OS. The van der Waals surface area contributed by atoms with Gasteiger partial charge in [-0.15, -0.1) is 10.2 Å². The van der Waals surface area contributed by atoms with E-state index >= 15 is 4.39 Å². The predicted octanol–water partition coefficient (Wildman–Crippen LogP) is 3.76. The van der Waals surface area contributed by atoms with E-state index in [2.05, 4.69) is 30.5 Å². The molecule has 8 nitrogen and oxygen atoms in total. The van der Waals surface area contributed by atoms with Crippen LogP contribution < -0.4 is 10.2 Å². The summed E-state index contributed by atoms with van der Waals surface area (Å²) in [6.45, 7) is 0. The Bertz CT molecular complexity index is 1240. The molecule has 2 saturated heterocycles. The third-order valence-corrected chi connectivity index (χ3v) is 7.65. The fourth-order valence-electron chi connectivity index (χ4n) is 5.24. The van der Waals surface area contributed by atoms with Crippen LogP contribution in [0.4, 0.5) is 14.7 Å². The van der Waals surface area contributed by atoms with Gasteiger partial charge < -0.3 is 15.3 Å². The van der Waals surface area contributed by atoms with E-state index in [-0.39, 0.29) is 29.6 Å². The average Bonchev–Trinajstić information content (AvgIpc) is 3.62. The third kappa shape index (κ3) is 4.20. The number of rotatable bonds is 6. The molecule has 0 unspecified atom stereocenters. The standard InChI is InChI=1S/C24H25F2N7OS/c1-35-24-28-10-16(25)22(30-24)12-2-6-15(20(34)8-12)18-11-27-23(32-31-18)33(14-4-5-14)19-9-13-3-7-17(29-13)21(19)26/h2,6,8,10-11,13-14,17,19,21,29,34H,3-5,7,9H2,1H3/t13-,17-,19-,21+/m0/s1. The van der Waals surface area contributed by atoms with E-state index in [0.29, 0.717) is 34.0 Å². The summed E-state index contributed by atoms with van der Waals surface area (Å²) in [7, 11) is 0. The van der Waals surface area contributed by atoms with Crippen molar-refractivity contribution >= 4 is 17.7 Å². The van der Waals surface area contributed by atoms with E-state index in [1.807, 2.05) is 4.90 Å². The first kappa shape index (κ1) is 22.5. The number of nitrogens with one attached hydrogen (secondary N) is 1. The van der Waals surface area contributed by atoms with Gasteiger partial charge in [0.2, 0.25) is 5.95 Å². The SMILES string of the molecule is CSc1ncc(F)c(-c2ccc(-c3cnc(N(C4CC4)[C@H]4C[C@@H]5CC[C@H](N5)[C@H]4F)nn3)c(O)c2)n1. The summed E-state index contributed by atoms with van der Waals surface area (Å²) in [5.74, 6) is -0.236. The zero-order valence-corrected chi connectivity index (χ0v) is 19.9. The Morgan fingerprint density at radius 3 is 2.69 bits per heavy atom. The van der Waals surface area contributed by atoms with E-state index in [4.69, 9.17) is 0 Å². The molecular weight excluding hydrogens is 472 g/mol. The van der Waals surface area contributed by atoms with Gasteiger partial charge in [-0.1, -0.05) is 17.8 Å². The molecule has 1 aliphatic carbocycles. The molecule has 0 radical (unpaired) electrons. The number of fused-ring (bicyclic) bond motifs is 2. The zero-order chi connectivity index (χ0) is 24.1. The molecule has 3 aliphatic rings. The first-order chi connectivity index (χ1) is 17.0. The van der Waals surface area contributed by atoms with Gasteiger partial charge in [-0.05, 0) is 50.5 Å². The van der Waals surface area contributed by atoms with Gasteiger partial charge in [-0.25, -0.2) is 23.7 Å². The summed E-state index contributed by atoms with van der Waals surface area (Å²) in [6, 6.07) is 4.96. The molecule has 1 saturated carbocycles. The van der Waals surface area contributed by atoms with Gasteiger partial charge in [-0.3, -0.25) is 0 Å². The molecule has 4 atom stereocenters. The van der Waals surface area contributed by atoms with Crippen molar-refractivity contribution in [2.45, 2.75) is 67.6 Å². The second kappa shape index (κ2) is 8.94. The minimum absolute atomic E-state index is 0.0899. The molecule has 2 aromatic heterocycles. The van der Waals surface area contributed by atoms with Crippen molar-refractivity contribution in [2.75, 3.05) is 11.2 Å². The molecule has 6 rings (SSSR count). The third-order valence-electron chi connectivity index (χ3n) is 7.08. The second-order valence-electron chi connectivity index (χ2n) is 9.36. The van der Waals surface area contributed by atoms with E-state index in [0.717, 1.165) is 38.3 Å². The van der Waals surface area contributed by atoms with Crippen LogP contribution in [0.2, 0.25) is 0 Å². The van der Waals surface area contributed by atoms with Crippen molar-refractivity contribution in [3.05, 3.63) is 36.4 Å². The Morgan fingerprint density at radius 2 is 1.97 bits per heavy atom. The molecule has 11 heteroatoms. The van der Waals surface area contributed by atoms with Gasteiger partial charge in [0.25, 0.3) is 0 Å². The normalized spacial score (nSPS) is 25.6. The van der Waals surface area contributed by atoms with Crippen molar-refractivity contribution in [1.82, 2.24) is 30.5 Å². The van der Waals surface area contributed by atoms with Crippen molar-refractivity contribution in [1.29, 1.82) is 0 Å². The summed E-state index contributed by atoms with van der Waals surface area (Å²) in [6.07, 6.45) is 8.11. The Kier molecular flexibility index (Phi) is 5.76. The summed E-state index contributed by atoms with van der Waals surface area (Å²) in [5.41, 5.74) is 1.33. The molecule has 182 valence electrons. The lowest BCUT2D eigenvalue weighted by Gasteiger charge is -2.40. The molecule has 2 N–H and O–H groups in total. The van der Waals surface area contributed by atoms with Crippen LogP contribution in [0.25, 0.3) is 22.5 Å². The van der Waals surface area contributed by atoms with Gasteiger partial charge in [-0.2, -0.15) is 0 Å². The Balaban J connectivity index is 1.27. The first-order valence-corrected chi connectivity index (χ1v) is 13.0. The van der Waals surface area contributed by atoms with Crippen molar-refractivity contribution < 1.29 is 13.9 Å². The fraction of sp³-hybridized carbons (Fsp3) is 0.458. The van der Waals surface area contributed by atoms with Crippen molar-refractivity contribution in [3.8, 4) is 28.3 Å². The fourth-order valence-corrected chi connectivity index (χ4v) is 5.58. The first-order valence-electron chi connectivity index (χ1n) is 11.8. The molecule has 2 bridgehead atoms. The van der Waals surface area contributed by atoms with Gasteiger partial charge in [0.05, 0.1) is 18.4 Å². The second-order valence-corrected chi connectivity index (χ2v) is 10.1. The number of hydrogen-bond acceptors (Lipinski definition) is 9. The number of aromatic nitrogens is 5. The lowest BCUT2D eigenvalue weighted by molar-refractivity contribution is 0.171. The highest BCUT2D eigenvalue weighted by atomic mass is 32.2. The molecule has 1 aromatic carbocycles. The predicted molar refractivity (Wildman–Crippen MR) is 128 cm³/mol. The van der Waals surface area contributed by atoms with Crippen LogP contribution in [0, 0.1) is 5.82 Å². The van der Waals surface area contributed by atoms with Gasteiger partial charge in [0, 0.05) is 29.3 Å². The monoisotopic (exact) mass is 497 g/mol. The number of anilines is 1. The number of phenolic OH excluding ortho intramolecular Hbond substituents is 1. The molecule has 35 heavy (non-hydrogen) atoms. The maximum Gasteiger partial charge on any atom is 0.245 e. The molecule has 0 amide bonds. The van der Waals surface area contributed by atoms with Crippen LogP contribution in [-0.4, -0.2) is 66.9 Å². The maximum absolute atomic E-state index is 15.3. The Labute approximate surface area is 205 Å². The lowest BCUT2D eigenvalue weighted by Crippen LogP contribution is -2.57. The van der Waals surface area contributed by atoms with E-state index in [9.17, 15) is 9.50 Å². The topological polar surface area (TPSA) is 100.0 Å². The number of halogens is 2. The number of alkyl halides is 1. The number of nitrogens with zero attached hydrogens (tertiary/aromatic N) is 6. The summed E-state index contributed by atoms with van der Waals surface area (Å²) < 4.78 is 29.6. The highest BCUT2D eigenvalue weighted by Gasteiger charge is 2.48. The number of benzene rings is 1. The zero-order valence-electron chi connectivity index (χ0n) is 19.1. The van der Waals surface area contributed by atoms with Crippen LogP contribution in [0.15, 0.2) is 35.7 Å². The number of aromatic hydroxyl groups is 1. The van der Waals surface area contributed by atoms with Crippen LogP contribution in [0.5, 0.6) is 5.75 Å². The molecule has 4 heterocycles. The summed E-state index contributed by atoms with van der Waals surface area (Å²) >= 11 is 1.31. The summed E-state index contributed by atoms with van der Waals surface area (Å²) in [5, 5.41) is 23.1. The van der Waals surface area contributed by atoms with E-state index in [1.54, 1.807) is 24.6 Å². The number of phenols is 1. The van der Waals surface area contributed by atoms with Gasteiger partial charge in [0.15, 0.2) is 11.0 Å². The van der Waals surface area contributed by atoms with Crippen LogP contribution in [-0.2, 0) is 0 Å². The van der Waals surface area contributed by atoms with Crippen molar-refractivity contribution in [3.63, 3.8) is 0 Å². The Hall–Kier alpha value is -2.92. The lowest BCUT2D eigenvalue weighted by atomic mass is 9.96. The largest absolute Gasteiger partial charge is 0.507 e. The van der Waals surface area contributed by atoms with Gasteiger partial charge in [0.1, 0.15) is 23.3 Å². The molecule has 3 fully saturated rings. The van der Waals surface area contributed by atoms with Crippen LogP contribution in [0.1, 0.15) is 32.1 Å². The number of thioether (sulfide) groups is 1. The molecule has 2 aliphatic heterocycles. The minimum Gasteiger partial charge on any atom is -0.507 e.